The largest absolute Gasteiger partial charge is 0.293 e. The Bertz CT molecular complexity index is 1070. The third kappa shape index (κ3) is 2.53. The highest BCUT2D eigenvalue weighted by Crippen LogP contribution is 2.37. The smallest absolute Gasteiger partial charge is 0.172 e. The van der Waals surface area contributed by atoms with Crippen LogP contribution in [0.3, 0.4) is 0 Å². The topological polar surface area (TPSA) is 17.1 Å². The summed E-state index contributed by atoms with van der Waals surface area (Å²) < 4.78 is 0. The Labute approximate surface area is 147 Å². The van der Waals surface area contributed by atoms with Crippen molar-refractivity contribution in [3.8, 4) is 0 Å². The van der Waals surface area contributed by atoms with Crippen LogP contribution < -0.4 is 0 Å². The average molecular weight is 324 g/mol. The van der Waals surface area contributed by atoms with Gasteiger partial charge in [-0.15, -0.1) is 0 Å². The zero-order valence-electron chi connectivity index (χ0n) is 14.5. The molecule has 4 aromatic carbocycles. The van der Waals surface area contributed by atoms with E-state index in [1.165, 1.54) is 16.2 Å². The fourth-order valence-electron chi connectivity index (χ4n) is 3.64. The Balaban J connectivity index is 2.00. The molecule has 0 aromatic heterocycles. The molecule has 0 fully saturated rings. The molecule has 0 bridgehead atoms. The minimum Gasteiger partial charge on any atom is -0.293 e. The van der Waals surface area contributed by atoms with Crippen LogP contribution in [-0.4, -0.2) is 5.78 Å². The zero-order valence-corrected chi connectivity index (χ0v) is 14.5. The molecule has 0 atom stereocenters. The van der Waals surface area contributed by atoms with Crippen molar-refractivity contribution in [2.24, 2.45) is 0 Å². The van der Waals surface area contributed by atoms with Gasteiger partial charge in [-0.2, -0.15) is 0 Å². The maximum absolute atomic E-state index is 13.2. The van der Waals surface area contributed by atoms with Crippen molar-refractivity contribution in [1.82, 2.24) is 0 Å². The summed E-state index contributed by atoms with van der Waals surface area (Å²) in [6.45, 7) is 4.05. The van der Waals surface area contributed by atoms with E-state index in [0.29, 0.717) is 0 Å². The van der Waals surface area contributed by atoms with Gasteiger partial charge < -0.3 is 0 Å². The SMILES string of the molecule is CC(C)(C(=O)c1ccccc1)c1cc2ccccc2c2ccccc12. The lowest BCUT2D eigenvalue weighted by Crippen LogP contribution is -2.29. The van der Waals surface area contributed by atoms with Gasteiger partial charge in [-0.25, -0.2) is 0 Å². The van der Waals surface area contributed by atoms with Crippen LogP contribution in [0.1, 0.15) is 29.8 Å². The number of hydrogen-bond donors (Lipinski definition) is 0. The summed E-state index contributed by atoms with van der Waals surface area (Å²) in [5.74, 6) is 0.147. The number of Topliss-reactive ketones (excluding diaryl/α,β-unsaturated/α-hetero) is 1. The maximum atomic E-state index is 13.2. The molecule has 0 amide bonds. The zero-order chi connectivity index (χ0) is 17.4. The first-order valence-electron chi connectivity index (χ1n) is 8.60. The third-order valence-corrected chi connectivity index (χ3v) is 5.05. The quantitative estimate of drug-likeness (QED) is 0.326. The van der Waals surface area contributed by atoms with Crippen molar-refractivity contribution in [1.29, 1.82) is 0 Å². The number of fused-ring (bicyclic) bond motifs is 3. The average Bonchev–Trinajstić information content (AvgIpc) is 2.67. The molecular formula is C24H20O. The van der Waals surface area contributed by atoms with Gasteiger partial charge >= 0.3 is 0 Å². The number of benzene rings is 4. The van der Waals surface area contributed by atoms with E-state index >= 15 is 0 Å². The van der Waals surface area contributed by atoms with Crippen LogP contribution in [0.25, 0.3) is 21.5 Å². The maximum Gasteiger partial charge on any atom is 0.172 e. The molecule has 0 aliphatic heterocycles. The lowest BCUT2D eigenvalue weighted by atomic mass is 9.75. The molecule has 122 valence electrons. The Morgan fingerprint density at radius 2 is 1.24 bits per heavy atom. The number of carbonyl (C=O) groups is 1. The highest BCUT2D eigenvalue weighted by molar-refractivity contribution is 6.13. The summed E-state index contributed by atoms with van der Waals surface area (Å²) in [5, 5.41) is 4.75. The number of carbonyl (C=O) groups excluding carboxylic acids is 1. The van der Waals surface area contributed by atoms with Crippen LogP contribution in [0.5, 0.6) is 0 Å². The molecule has 0 radical (unpaired) electrons. The Kier molecular flexibility index (Phi) is 3.65. The molecule has 25 heavy (non-hydrogen) atoms. The monoisotopic (exact) mass is 324 g/mol. The van der Waals surface area contributed by atoms with E-state index < -0.39 is 5.41 Å². The molecule has 0 heterocycles. The minimum absolute atomic E-state index is 0.147. The number of ketones is 1. The van der Waals surface area contributed by atoms with E-state index in [2.05, 4.69) is 42.5 Å². The number of hydrogen-bond acceptors (Lipinski definition) is 1. The van der Waals surface area contributed by atoms with Crippen LogP contribution in [-0.2, 0) is 5.41 Å². The molecule has 4 aromatic rings. The molecule has 0 unspecified atom stereocenters. The molecule has 1 nitrogen and oxygen atoms in total. The summed E-state index contributed by atoms with van der Waals surface area (Å²) in [7, 11) is 0. The van der Waals surface area contributed by atoms with E-state index in [-0.39, 0.29) is 5.78 Å². The second kappa shape index (κ2) is 5.86. The van der Waals surface area contributed by atoms with Gasteiger partial charge in [-0.3, -0.25) is 4.79 Å². The predicted molar refractivity (Wildman–Crippen MR) is 105 cm³/mol. The normalized spacial score (nSPS) is 11.8. The van der Waals surface area contributed by atoms with Gasteiger partial charge in [0.25, 0.3) is 0 Å². The predicted octanol–water partition coefficient (Wildman–Crippen LogP) is 6.15. The first-order chi connectivity index (χ1) is 12.1. The van der Waals surface area contributed by atoms with Crippen LogP contribution in [0.15, 0.2) is 84.9 Å². The van der Waals surface area contributed by atoms with E-state index in [0.717, 1.165) is 16.5 Å². The summed E-state index contributed by atoms with van der Waals surface area (Å²) in [5.41, 5.74) is 1.23. The summed E-state index contributed by atoms with van der Waals surface area (Å²) in [6.07, 6.45) is 0. The van der Waals surface area contributed by atoms with Crippen molar-refractivity contribution in [3.05, 3.63) is 96.1 Å². The molecule has 0 saturated carbocycles. The summed E-state index contributed by atoms with van der Waals surface area (Å²) in [6, 6.07) is 28.5. The van der Waals surface area contributed by atoms with E-state index in [9.17, 15) is 4.79 Å². The molecule has 4 rings (SSSR count). The molecule has 0 saturated heterocycles. The van der Waals surface area contributed by atoms with Crippen LogP contribution in [0.2, 0.25) is 0 Å². The first-order valence-corrected chi connectivity index (χ1v) is 8.60. The fourth-order valence-corrected chi connectivity index (χ4v) is 3.64. The van der Waals surface area contributed by atoms with Crippen LogP contribution in [0, 0.1) is 0 Å². The minimum atomic E-state index is -0.606. The van der Waals surface area contributed by atoms with Gasteiger partial charge in [0, 0.05) is 5.56 Å². The Hall–Kier alpha value is -2.93. The molecule has 0 N–H and O–H groups in total. The van der Waals surface area contributed by atoms with Gasteiger partial charge in [0.05, 0.1) is 5.41 Å². The van der Waals surface area contributed by atoms with E-state index in [1.54, 1.807) is 0 Å². The van der Waals surface area contributed by atoms with Crippen molar-refractivity contribution >= 4 is 27.3 Å². The van der Waals surface area contributed by atoms with E-state index in [1.807, 2.05) is 56.3 Å². The number of rotatable bonds is 3. The second-order valence-corrected chi connectivity index (χ2v) is 7.01. The van der Waals surface area contributed by atoms with Crippen molar-refractivity contribution in [2.45, 2.75) is 19.3 Å². The highest BCUT2D eigenvalue weighted by Gasteiger charge is 2.32. The van der Waals surface area contributed by atoms with Gasteiger partial charge in [0.1, 0.15) is 0 Å². The van der Waals surface area contributed by atoms with Gasteiger partial charge in [-0.1, -0.05) is 78.9 Å². The third-order valence-electron chi connectivity index (χ3n) is 5.05. The van der Waals surface area contributed by atoms with Gasteiger partial charge in [-0.05, 0) is 47.0 Å². The molecule has 0 spiro atoms. The Morgan fingerprint density at radius 1 is 0.680 bits per heavy atom. The first kappa shape index (κ1) is 15.6. The van der Waals surface area contributed by atoms with Crippen LogP contribution >= 0.6 is 0 Å². The van der Waals surface area contributed by atoms with E-state index in [4.69, 9.17) is 0 Å². The van der Waals surface area contributed by atoms with Crippen LogP contribution in [0.4, 0.5) is 0 Å². The molecule has 1 heteroatoms. The lowest BCUT2D eigenvalue weighted by Gasteiger charge is -2.26. The van der Waals surface area contributed by atoms with Crippen molar-refractivity contribution in [2.75, 3.05) is 0 Å². The Morgan fingerprint density at radius 3 is 1.96 bits per heavy atom. The van der Waals surface area contributed by atoms with Crippen molar-refractivity contribution in [3.63, 3.8) is 0 Å². The summed E-state index contributed by atoms with van der Waals surface area (Å²) >= 11 is 0. The molecule has 0 aliphatic carbocycles. The summed E-state index contributed by atoms with van der Waals surface area (Å²) in [4.78, 5) is 13.2. The standard InChI is InChI=1S/C24H20O/c1-24(2,23(25)17-10-4-3-5-11-17)22-16-18-12-6-7-13-19(18)20-14-8-9-15-21(20)22/h3-16H,1-2H3. The fraction of sp³-hybridized carbons (Fsp3) is 0.125. The second-order valence-electron chi connectivity index (χ2n) is 7.01. The van der Waals surface area contributed by atoms with Crippen molar-refractivity contribution < 1.29 is 4.79 Å². The lowest BCUT2D eigenvalue weighted by molar-refractivity contribution is 0.0910. The highest BCUT2D eigenvalue weighted by atomic mass is 16.1. The molecule has 0 aliphatic rings. The molecular weight excluding hydrogens is 304 g/mol. The van der Waals surface area contributed by atoms with Gasteiger partial charge in [0.15, 0.2) is 5.78 Å². The van der Waals surface area contributed by atoms with Gasteiger partial charge in [0.2, 0.25) is 0 Å².